The maximum absolute atomic E-state index is 12.0. The van der Waals surface area contributed by atoms with Gasteiger partial charge >= 0.3 is 5.97 Å². The molecule has 1 unspecified atom stereocenters. The maximum Gasteiger partial charge on any atom is 0.309 e. The lowest BCUT2D eigenvalue weighted by molar-refractivity contribution is -0.384. The van der Waals surface area contributed by atoms with Gasteiger partial charge in [-0.15, -0.1) is 0 Å². The Kier molecular flexibility index (Phi) is 7.68. The normalized spacial score (nSPS) is 15.2. The van der Waals surface area contributed by atoms with Crippen LogP contribution in [0.3, 0.4) is 0 Å². The second-order valence-electron chi connectivity index (χ2n) is 7.36. The molecule has 0 radical (unpaired) electrons. The fourth-order valence-corrected chi connectivity index (χ4v) is 4.46. The van der Waals surface area contributed by atoms with Crippen molar-refractivity contribution in [3.8, 4) is 11.5 Å². The molecular weight excluding hydrogens is 434 g/mol. The molecule has 3 rings (SSSR count). The third-order valence-corrected chi connectivity index (χ3v) is 6.64. The van der Waals surface area contributed by atoms with Crippen LogP contribution in [0, 0.1) is 16.0 Å². The second-order valence-corrected chi connectivity index (χ2v) is 9.10. The largest absolute Gasteiger partial charge is 0.466 e. The Morgan fingerprint density at radius 1 is 1.22 bits per heavy atom. The van der Waals surface area contributed by atoms with Gasteiger partial charge in [-0.05, 0) is 44.0 Å². The highest BCUT2D eigenvalue weighted by Gasteiger charge is 2.29. The van der Waals surface area contributed by atoms with Gasteiger partial charge in [0.2, 0.25) is 0 Å². The number of nitrogens with two attached hydrogens (primary N) is 1. The molecule has 32 heavy (non-hydrogen) atoms. The van der Waals surface area contributed by atoms with Gasteiger partial charge in [0.15, 0.2) is 0 Å². The summed E-state index contributed by atoms with van der Waals surface area (Å²) in [5.74, 6) is 0.841. The van der Waals surface area contributed by atoms with E-state index in [2.05, 4.69) is 0 Å². The highest BCUT2D eigenvalue weighted by molar-refractivity contribution is 7.85. The minimum atomic E-state index is -1.13. The zero-order chi connectivity index (χ0) is 23.3. The summed E-state index contributed by atoms with van der Waals surface area (Å²) in [6.07, 6.45) is 1.12. The van der Waals surface area contributed by atoms with E-state index in [1.54, 1.807) is 31.2 Å². The molecule has 172 valence electrons. The first-order valence-electron chi connectivity index (χ1n) is 10.5. The topological polar surface area (TPSA) is 125 Å². The van der Waals surface area contributed by atoms with Crippen molar-refractivity contribution in [1.82, 2.24) is 0 Å². The van der Waals surface area contributed by atoms with Gasteiger partial charge in [0.05, 0.1) is 33.9 Å². The molecule has 1 atom stereocenters. The average Bonchev–Trinajstić information content (AvgIpc) is 2.80. The summed E-state index contributed by atoms with van der Waals surface area (Å²) in [6.45, 7) is 4.92. The van der Waals surface area contributed by atoms with Gasteiger partial charge in [0, 0.05) is 35.9 Å². The number of nitrogen functional groups attached to an aromatic ring is 1. The quantitative estimate of drug-likeness (QED) is 0.272. The number of rotatable bonds is 8. The molecular formula is C22H27N3O6S. The summed E-state index contributed by atoms with van der Waals surface area (Å²) < 4.78 is 23.0. The number of carbonyl (C=O) groups excluding carboxylic acids is 1. The van der Waals surface area contributed by atoms with E-state index >= 15 is 0 Å². The van der Waals surface area contributed by atoms with Crippen molar-refractivity contribution in [3.05, 3.63) is 46.5 Å². The highest BCUT2D eigenvalue weighted by atomic mass is 32.2. The Bertz CT molecular complexity index is 1020. The molecule has 0 bridgehead atoms. The number of nitro benzene ring substituents is 1. The summed E-state index contributed by atoms with van der Waals surface area (Å²) >= 11 is 0. The van der Waals surface area contributed by atoms with Crippen molar-refractivity contribution in [2.45, 2.75) is 31.6 Å². The number of hydrogen-bond donors (Lipinski definition) is 1. The van der Waals surface area contributed by atoms with E-state index in [-0.39, 0.29) is 17.6 Å². The van der Waals surface area contributed by atoms with Gasteiger partial charge in [-0.2, -0.15) is 0 Å². The molecule has 0 saturated carbocycles. The first-order chi connectivity index (χ1) is 15.3. The van der Waals surface area contributed by atoms with Gasteiger partial charge in [0.25, 0.3) is 5.69 Å². The molecule has 1 aliphatic heterocycles. The number of nitro groups is 1. The Hall–Kier alpha value is -3.14. The molecule has 0 aromatic heterocycles. The van der Waals surface area contributed by atoms with E-state index < -0.39 is 15.7 Å². The Morgan fingerprint density at radius 3 is 2.53 bits per heavy atom. The predicted molar refractivity (Wildman–Crippen MR) is 123 cm³/mol. The number of ether oxygens (including phenoxy) is 2. The molecule has 2 aromatic carbocycles. The molecule has 0 amide bonds. The summed E-state index contributed by atoms with van der Waals surface area (Å²) in [5.41, 5.74) is 6.79. The molecule has 0 aliphatic carbocycles. The summed E-state index contributed by atoms with van der Waals surface area (Å²) in [6, 6.07) is 9.48. The van der Waals surface area contributed by atoms with Crippen LogP contribution in [0.15, 0.2) is 41.3 Å². The van der Waals surface area contributed by atoms with Crippen LogP contribution in [0.2, 0.25) is 0 Å². The number of anilines is 2. The van der Waals surface area contributed by atoms with Crippen LogP contribution < -0.4 is 15.4 Å². The smallest absolute Gasteiger partial charge is 0.309 e. The van der Waals surface area contributed by atoms with Crippen LogP contribution in [-0.4, -0.2) is 40.6 Å². The van der Waals surface area contributed by atoms with E-state index in [1.165, 1.54) is 12.1 Å². The van der Waals surface area contributed by atoms with Crippen LogP contribution in [-0.2, 0) is 20.3 Å². The number of benzene rings is 2. The highest BCUT2D eigenvalue weighted by Crippen LogP contribution is 2.37. The number of piperidine rings is 1. The van der Waals surface area contributed by atoms with Crippen LogP contribution in [0.25, 0.3) is 0 Å². The standard InChI is InChI=1S/C22H27N3O6S/c1-3-30-22(26)15-9-11-24(12-10-15)20-13-16(5-7-19(20)25(27)28)31-21-8-6-17(14-18(21)23)32(29)4-2/h5-8,13-15H,3-4,9-12,23H2,1-2H3. The average molecular weight is 462 g/mol. The minimum Gasteiger partial charge on any atom is -0.466 e. The fourth-order valence-electron chi connectivity index (χ4n) is 3.65. The molecule has 1 saturated heterocycles. The summed E-state index contributed by atoms with van der Waals surface area (Å²) in [7, 11) is -1.13. The second kappa shape index (κ2) is 10.4. The van der Waals surface area contributed by atoms with Gasteiger partial charge in [-0.1, -0.05) is 6.92 Å². The minimum absolute atomic E-state index is 0.0337. The molecule has 2 N–H and O–H groups in total. The first kappa shape index (κ1) is 23.5. The van der Waals surface area contributed by atoms with E-state index in [4.69, 9.17) is 15.2 Å². The molecule has 1 heterocycles. The summed E-state index contributed by atoms with van der Waals surface area (Å²) in [4.78, 5) is 25.7. The van der Waals surface area contributed by atoms with Crippen molar-refractivity contribution in [3.63, 3.8) is 0 Å². The molecule has 1 aliphatic rings. The number of nitrogens with zero attached hydrogens (tertiary/aromatic N) is 2. The SMILES string of the molecule is CCOC(=O)C1CCN(c2cc(Oc3ccc(S(=O)CC)cc3N)ccc2[N+](=O)[O-])CC1. The zero-order valence-corrected chi connectivity index (χ0v) is 18.9. The van der Waals surface area contributed by atoms with E-state index in [0.29, 0.717) is 66.1 Å². The lowest BCUT2D eigenvalue weighted by Gasteiger charge is -2.32. The molecule has 9 nitrogen and oxygen atoms in total. The zero-order valence-electron chi connectivity index (χ0n) is 18.1. The van der Waals surface area contributed by atoms with Gasteiger partial charge in [0.1, 0.15) is 17.2 Å². The van der Waals surface area contributed by atoms with E-state index in [0.717, 1.165) is 0 Å². The van der Waals surface area contributed by atoms with Gasteiger partial charge in [-0.3, -0.25) is 19.1 Å². The van der Waals surface area contributed by atoms with Crippen molar-refractivity contribution in [2.24, 2.45) is 5.92 Å². The number of esters is 1. The number of hydrogen-bond acceptors (Lipinski definition) is 8. The Morgan fingerprint density at radius 2 is 1.94 bits per heavy atom. The molecule has 0 spiro atoms. The Labute approximate surface area is 189 Å². The lowest BCUT2D eigenvalue weighted by atomic mass is 9.96. The number of carbonyl (C=O) groups is 1. The third kappa shape index (κ3) is 5.37. The van der Waals surface area contributed by atoms with Gasteiger partial charge in [-0.25, -0.2) is 0 Å². The van der Waals surface area contributed by atoms with Crippen LogP contribution in [0.5, 0.6) is 11.5 Å². The molecule has 10 heteroatoms. The fraction of sp³-hybridized carbons (Fsp3) is 0.409. The monoisotopic (exact) mass is 461 g/mol. The van der Waals surface area contributed by atoms with Crippen LogP contribution in [0.1, 0.15) is 26.7 Å². The third-order valence-electron chi connectivity index (χ3n) is 5.33. The van der Waals surface area contributed by atoms with Crippen molar-refractivity contribution >= 4 is 33.8 Å². The van der Waals surface area contributed by atoms with Gasteiger partial charge < -0.3 is 20.1 Å². The Balaban J connectivity index is 1.81. The van der Waals surface area contributed by atoms with E-state index in [1.807, 2.05) is 11.8 Å². The van der Waals surface area contributed by atoms with Crippen molar-refractivity contribution in [2.75, 3.05) is 36.1 Å². The first-order valence-corrected chi connectivity index (χ1v) is 11.8. The molecule has 2 aromatic rings. The molecule has 1 fully saturated rings. The maximum atomic E-state index is 12.0. The van der Waals surface area contributed by atoms with E-state index in [9.17, 15) is 19.1 Å². The predicted octanol–water partition coefficient (Wildman–Crippen LogP) is 3.88. The summed E-state index contributed by atoms with van der Waals surface area (Å²) in [5, 5.41) is 11.6. The van der Waals surface area contributed by atoms with Crippen molar-refractivity contribution in [1.29, 1.82) is 0 Å². The van der Waals surface area contributed by atoms with Crippen LogP contribution in [0.4, 0.5) is 17.1 Å². The van der Waals surface area contributed by atoms with Crippen molar-refractivity contribution < 1.29 is 23.4 Å². The van der Waals surface area contributed by atoms with Crippen LogP contribution >= 0.6 is 0 Å². The lowest BCUT2D eigenvalue weighted by Crippen LogP contribution is -2.37.